The lowest BCUT2D eigenvalue weighted by Gasteiger charge is -2.39. The number of carbonyl (C=O) groups is 1. The summed E-state index contributed by atoms with van der Waals surface area (Å²) in [4.78, 5) is 16.7. The second kappa shape index (κ2) is 9.07. The van der Waals surface area contributed by atoms with Crippen molar-refractivity contribution in [2.45, 2.75) is 44.1 Å². The summed E-state index contributed by atoms with van der Waals surface area (Å²) in [5, 5.41) is 11.5. The fraction of sp³-hybridized carbons (Fsp3) is 0.650. The Labute approximate surface area is 160 Å². The van der Waals surface area contributed by atoms with E-state index in [1.54, 1.807) is 12.1 Å². The number of hydrogen-bond donors (Lipinski definition) is 1. The van der Waals surface area contributed by atoms with Gasteiger partial charge in [-0.1, -0.05) is 30.5 Å². The average molecular weight is 381 g/mol. The van der Waals surface area contributed by atoms with Crippen LogP contribution in [-0.4, -0.2) is 65.7 Å². The van der Waals surface area contributed by atoms with Gasteiger partial charge in [0.25, 0.3) is 0 Å². The van der Waals surface area contributed by atoms with Crippen molar-refractivity contribution in [2.75, 3.05) is 39.3 Å². The van der Waals surface area contributed by atoms with Crippen molar-refractivity contribution >= 4 is 17.5 Å². The third kappa shape index (κ3) is 5.60. The summed E-state index contributed by atoms with van der Waals surface area (Å²) < 4.78 is 5.76. The van der Waals surface area contributed by atoms with E-state index in [-0.39, 0.29) is 12.5 Å². The highest BCUT2D eigenvalue weighted by atomic mass is 35.5. The Morgan fingerprint density at radius 3 is 2.65 bits per heavy atom. The first-order valence-corrected chi connectivity index (χ1v) is 10.0. The summed E-state index contributed by atoms with van der Waals surface area (Å²) in [6.07, 6.45) is 6.18. The number of halogens is 1. The molecule has 144 valence electrons. The van der Waals surface area contributed by atoms with Gasteiger partial charge in [0.1, 0.15) is 18.0 Å². The van der Waals surface area contributed by atoms with Gasteiger partial charge in [-0.25, -0.2) is 0 Å². The minimum Gasteiger partial charge on any atom is -0.490 e. The number of ether oxygens (including phenoxy) is 1. The largest absolute Gasteiger partial charge is 0.490 e. The number of piperidine rings is 1. The zero-order valence-electron chi connectivity index (χ0n) is 15.3. The minimum atomic E-state index is -0.931. The van der Waals surface area contributed by atoms with Gasteiger partial charge in [0.2, 0.25) is 5.91 Å². The van der Waals surface area contributed by atoms with Gasteiger partial charge in [0, 0.05) is 24.7 Å². The lowest BCUT2D eigenvalue weighted by Crippen LogP contribution is -2.54. The van der Waals surface area contributed by atoms with E-state index >= 15 is 0 Å². The molecule has 2 aliphatic rings. The van der Waals surface area contributed by atoms with Crippen molar-refractivity contribution in [2.24, 2.45) is 0 Å². The Morgan fingerprint density at radius 1 is 1.15 bits per heavy atom. The van der Waals surface area contributed by atoms with Crippen molar-refractivity contribution in [3.05, 3.63) is 29.3 Å². The van der Waals surface area contributed by atoms with Crippen LogP contribution in [0.5, 0.6) is 5.75 Å². The van der Waals surface area contributed by atoms with Crippen LogP contribution < -0.4 is 4.74 Å². The van der Waals surface area contributed by atoms with Crippen molar-refractivity contribution in [3.8, 4) is 5.75 Å². The number of likely N-dealkylation sites (tertiary alicyclic amines) is 2. The summed E-state index contributed by atoms with van der Waals surface area (Å²) in [5.74, 6) is 0.843. The first-order chi connectivity index (χ1) is 12.5. The topological polar surface area (TPSA) is 53.0 Å². The van der Waals surface area contributed by atoms with Crippen LogP contribution in [0.25, 0.3) is 0 Å². The summed E-state index contributed by atoms with van der Waals surface area (Å²) >= 11 is 5.97. The second-order valence-corrected chi connectivity index (χ2v) is 8.02. The molecule has 26 heavy (non-hydrogen) atoms. The van der Waals surface area contributed by atoms with Crippen molar-refractivity contribution in [1.82, 2.24) is 9.80 Å². The SMILES string of the molecule is O=C(CN1CCCC(O)(COc2cccc(Cl)c2)C1)N1CCCCCC1. The molecule has 0 saturated carbocycles. The molecule has 0 radical (unpaired) electrons. The van der Waals surface area contributed by atoms with Gasteiger partial charge < -0.3 is 14.7 Å². The number of aliphatic hydroxyl groups is 1. The number of rotatable bonds is 5. The Balaban J connectivity index is 1.51. The van der Waals surface area contributed by atoms with Gasteiger partial charge >= 0.3 is 0 Å². The van der Waals surface area contributed by atoms with Crippen LogP contribution in [0.3, 0.4) is 0 Å². The molecule has 6 heteroatoms. The molecule has 1 N–H and O–H groups in total. The number of hydrogen-bond acceptors (Lipinski definition) is 4. The van der Waals surface area contributed by atoms with Crippen LogP contribution in [0.2, 0.25) is 5.02 Å². The van der Waals surface area contributed by atoms with Crippen LogP contribution in [0.4, 0.5) is 0 Å². The standard InChI is InChI=1S/C20H29ClN2O3/c21-17-7-5-8-18(13-17)26-16-20(25)9-6-10-22(15-20)14-19(24)23-11-3-1-2-4-12-23/h5,7-8,13,25H,1-4,6,9-12,14-16H2. The summed E-state index contributed by atoms with van der Waals surface area (Å²) in [6, 6.07) is 7.20. The number of amides is 1. The number of β-amino-alcohol motifs (C(OH)–C–C–N with tert-alkyl or cyclic N) is 1. The van der Waals surface area contributed by atoms with Crippen molar-refractivity contribution in [3.63, 3.8) is 0 Å². The lowest BCUT2D eigenvalue weighted by molar-refractivity contribution is -0.134. The Bertz CT molecular complexity index is 604. The van der Waals surface area contributed by atoms with Crippen molar-refractivity contribution in [1.29, 1.82) is 0 Å². The lowest BCUT2D eigenvalue weighted by atomic mass is 9.93. The van der Waals surface area contributed by atoms with E-state index in [9.17, 15) is 9.90 Å². The molecule has 2 heterocycles. The number of nitrogens with zero attached hydrogens (tertiary/aromatic N) is 2. The molecule has 1 aromatic carbocycles. The molecule has 0 bridgehead atoms. The zero-order valence-corrected chi connectivity index (χ0v) is 16.1. The van der Waals surface area contributed by atoms with E-state index in [2.05, 4.69) is 4.90 Å². The number of benzene rings is 1. The minimum absolute atomic E-state index is 0.187. The molecule has 1 unspecified atom stereocenters. The Morgan fingerprint density at radius 2 is 1.92 bits per heavy atom. The van der Waals surface area contributed by atoms with E-state index in [0.29, 0.717) is 30.3 Å². The maximum Gasteiger partial charge on any atom is 0.236 e. The predicted molar refractivity (Wildman–Crippen MR) is 103 cm³/mol. The van der Waals surface area contributed by atoms with E-state index in [4.69, 9.17) is 16.3 Å². The smallest absolute Gasteiger partial charge is 0.236 e. The van der Waals surface area contributed by atoms with Gasteiger partial charge in [0.05, 0.1) is 6.54 Å². The van der Waals surface area contributed by atoms with Gasteiger partial charge in [-0.3, -0.25) is 9.69 Å². The highest BCUT2D eigenvalue weighted by Gasteiger charge is 2.35. The molecular weight excluding hydrogens is 352 g/mol. The molecule has 1 amide bonds. The fourth-order valence-corrected chi connectivity index (χ4v) is 4.02. The van der Waals surface area contributed by atoms with E-state index < -0.39 is 5.60 Å². The van der Waals surface area contributed by atoms with Crippen LogP contribution in [0, 0.1) is 0 Å². The summed E-state index contributed by atoms with van der Waals surface area (Å²) in [6.45, 7) is 3.65. The van der Waals surface area contributed by atoms with E-state index in [1.165, 1.54) is 12.8 Å². The van der Waals surface area contributed by atoms with Crippen molar-refractivity contribution < 1.29 is 14.6 Å². The molecule has 2 fully saturated rings. The quantitative estimate of drug-likeness (QED) is 0.853. The van der Waals surface area contributed by atoms with Gasteiger partial charge in [-0.15, -0.1) is 0 Å². The third-order valence-corrected chi connectivity index (χ3v) is 5.49. The third-order valence-electron chi connectivity index (χ3n) is 5.26. The Hall–Kier alpha value is -1.30. The molecular formula is C20H29ClN2O3. The van der Waals surface area contributed by atoms with Gasteiger partial charge in [-0.05, 0) is 50.4 Å². The highest BCUT2D eigenvalue weighted by molar-refractivity contribution is 6.30. The second-order valence-electron chi connectivity index (χ2n) is 7.58. The fourth-order valence-electron chi connectivity index (χ4n) is 3.84. The normalized spacial score (nSPS) is 24.9. The molecule has 1 atom stereocenters. The maximum atomic E-state index is 12.6. The molecule has 0 aromatic heterocycles. The van der Waals surface area contributed by atoms with Crippen LogP contribution in [0.1, 0.15) is 38.5 Å². The molecule has 3 rings (SSSR count). The van der Waals surface area contributed by atoms with Crippen LogP contribution >= 0.6 is 11.6 Å². The van der Waals surface area contributed by atoms with Gasteiger partial charge in [-0.2, -0.15) is 0 Å². The number of carbonyl (C=O) groups excluding carboxylic acids is 1. The Kier molecular flexibility index (Phi) is 6.79. The molecule has 1 aromatic rings. The zero-order chi connectivity index (χ0) is 18.4. The molecule has 5 nitrogen and oxygen atoms in total. The predicted octanol–water partition coefficient (Wildman–Crippen LogP) is 2.95. The van der Waals surface area contributed by atoms with E-state index in [1.807, 2.05) is 17.0 Å². The first-order valence-electron chi connectivity index (χ1n) is 9.65. The van der Waals surface area contributed by atoms with Gasteiger partial charge in [0.15, 0.2) is 0 Å². The molecule has 0 spiro atoms. The first kappa shape index (κ1) is 19.5. The average Bonchev–Trinajstić information content (AvgIpc) is 2.90. The maximum absolute atomic E-state index is 12.6. The van der Waals surface area contributed by atoms with E-state index in [0.717, 1.165) is 38.9 Å². The summed E-state index contributed by atoms with van der Waals surface area (Å²) in [7, 11) is 0. The van der Waals surface area contributed by atoms with Crippen LogP contribution in [-0.2, 0) is 4.79 Å². The highest BCUT2D eigenvalue weighted by Crippen LogP contribution is 2.24. The van der Waals surface area contributed by atoms with Crippen LogP contribution in [0.15, 0.2) is 24.3 Å². The monoisotopic (exact) mass is 380 g/mol. The molecule has 0 aliphatic carbocycles. The molecule has 2 aliphatic heterocycles. The summed E-state index contributed by atoms with van der Waals surface area (Å²) in [5.41, 5.74) is -0.931. The molecule has 2 saturated heterocycles.